The topological polar surface area (TPSA) is 118 Å². The van der Waals surface area contributed by atoms with Crippen molar-refractivity contribution in [2.24, 2.45) is 0 Å². The van der Waals surface area contributed by atoms with E-state index in [4.69, 9.17) is 0 Å². The van der Waals surface area contributed by atoms with Gasteiger partial charge in [-0.25, -0.2) is 13.1 Å². The minimum absolute atomic E-state index is 0.0702. The van der Waals surface area contributed by atoms with E-state index in [1.165, 1.54) is 11.6 Å². The third-order valence-electron chi connectivity index (χ3n) is 4.96. The molecule has 9 heteroatoms. The first-order valence-electron chi connectivity index (χ1n) is 9.42. The molecule has 1 aliphatic rings. The van der Waals surface area contributed by atoms with Crippen LogP contribution in [0.4, 0.5) is 11.4 Å². The first-order chi connectivity index (χ1) is 13.8. The maximum atomic E-state index is 12.5. The van der Waals surface area contributed by atoms with E-state index < -0.39 is 20.9 Å². The summed E-state index contributed by atoms with van der Waals surface area (Å²) in [6.45, 7) is 1.54. The zero-order chi connectivity index (χ0) is 21.0. The molecule has 29 heavy (non-hydrogen) atoms. The predicted molar refractivity (Wildman–Crippen MR) is 109 cm³/mol. The Balaban J connectivity index is 1.57. The average Bonchev–Trinajstić information content (AvgIpc) is 2.68. The normalized spacial score (nSPS) is 13.6. The Kier molecular flexibility index (Phi) is 6.29. The lowest BCUT2D eigenvalue weighted by Crippen LogP contribution is -2.28. The lowest BCUT2D eigenvalue weighted by atomic mass is 9.92. The van der Waals surface area contributed by atoms with E-state index in [0.29, 0.717) is 11.3 Å². The Morgan fingerprint density at radius 1 is 1.10 bits per heavy atom. The lowest BCUT2D eigenvalue weighted by molar-refractivity contribution is -0.385. The van der Waals surface area contributed by atoms with Crippen molar-refractivity contribution in [1.29, 1.82) is 0 Å². The van der Waals surface area contributed by atoms with E-state index in [0.717, 1.165) is 31.2 Å². The van der Waals surface area contributed by atoms with Gasteiger partial charge in [-0.3, -0.25) is 14.9 Å². The lowest BCUT2D eigenvalue weighted by Gasteiger charge is -2.16. The summed E-state index contributed by atoms with van der Waals surface area (Å²) in [5.41, 5.74) is 2.96. The molecule has 0 heterocycles. The zero-order valence-electron chi connectivity index (χ0n) is 16.1. The highest BCUT2D eigenvalue weighted by atomic mass is 32.2. The molecule has 0 spiro atoms. The summed E-state index contributed by atoms with van der Waals surface area (Å²) < 4.78 is 27.4. The van der Waals surface area contributed by atoms with Crippen LogP contribution in [0, 0.1) is 17.0 Å². The van der Waals surface area contributed by atoms with Crippen LogP contribution in [-0.4, -0.2) is 25.8 Å². The SMILES string of the molecule is Cc1ccc(NC(=O)CCNS(=O)(=O)c2ccc3c(c2)CCCC3)cc1[N+](=O)[O-]. The molecule has 2 aromatic rings. The second-order valence-corrected chi connectivity index (χ2v) is 8.86. The predicted octanol–water partition coefficient (Wildman–Crippen LogP) is 3.09. The molecule has 0 fully saturated rings. The molecule has 0 unspecified atom stereocenters. The smallest absolute Gasteiger partial charge is 0.274 e. The third-order valence-corrected chi connectivity index (χ3v) is 6.42. The van der Waals surface area contributed by atoms with Gasteiger partial charge in [-0.05, 0) is 61.9 Å². The van der Waals surface area contributed by atoms with Gasteiger partial charge in [-0.15, -0.1) is 0 Å². The van der Waals surface area contributed by atoms with Crippen LogP contribution < -0.4 is 10.0 Å². The minimum Gasteiger partial charge on any atom is -0.326 e. The second-order valence-electron chi connectivity index (χ2n) is 7.09. The number of nitro benzene ring substituents is 1. The van der Waals surface area contributed by atoms with E-state index in [1.54, 1.807) is 31.2 Å². The van der Waals surface area contributed by atoms with Gasteiger partial charge in [0.25, 0.3) is 5.69 Å². The van der Waals surface area contributed by atoms with Gasteiger partial charge in [0.1, 0.15) is 0 Å². The first-order valence-corrected chi connectivity index (χ1v) is 10.9. The zero-order valence-corrected chi connectivity index (χ0v) is 16.9. The fourth-order valence-electron chi connectivity index (χ4n) is 3.37. The van der Waals surface area contributed by atoms with E-state index in [-0.39, 0.29) is 23.5 Å². The van der Waals surface area contributed by atoms with Crippen molar-refractivity contribution in [3.05, 3.63) is 63.2 Å². The number of hydrogen-bond acceptors (Lipinski definition) is 5. The van der Waals surface area contributed by atoms with Crippen LogP contribution in [0.5, 0.6) is 0 Å². The Bertz CT molecular complexity index is 1050. The van der Waals surface area contributed by atoms with Gasteiger partial charge in [0.2, 0.25) is 15.9 Å². The highest BCUT2D eigenvalue weighted by Gasteiger charge is 2.18. The van der Waals surface area contributed by atoms with Crippen molar-refractivity contribution < 1.29 is 18.1 Å². The Morgan fingerprint density at radius 3 is 2.55 bits per heavy atom. The molecule has 1 aliphatic carbocycles. The molecule has 0 bridgehead atoms. The van der Waals surface area contributed by atoms with Crippen molar-refractivity contribution in [2.45, 2.75) is 43.9 Å². The molecule has 2 aromatic carbocycles. The summed E-state index contributed by atoms with van der Waals surface area (Å²) in [5.74, 6) is -0.434. The standard InChI is InChI=1S/C20H23N3O5S/c1-14-6-8-17(13-19(14)23(25)26)22-20(24)10-11-21-29(27,28)18-9-7-15-4-2-3-5-16(15)12-18/h6-9,12-13,21H,2-5,10-11H2,1H3,(H,22,24). The van der Waals surface area contributed by atoms with Crippen molar-refractivity contribution in [2.75, 3.05) is 11.9 Å². The first kappa shape index (κ1) is 20.9. The van der Waals surface area contributed by atoms with Gasteiger partial charge in [-0.2, -0.15) is 0 Å². The summed E-state index contributed by atoms with van der Waals surface area (Å²) in [6, 6.07) is 9.56. The summed E-state index contributed by atoms with van der Waals surface area (Å²) in [6.07, 6.45) is 3.94. The van der Waals surface area contributed by atoms with Gasteiger partial charge in [0.15, 0.2) is 0 Å². The number of nitrogens with zero attached hydrogens (tertiary/aromatic N) is 1. The average molecular weight is 417 g/mol. The molecule has 2 N–H and O–H groups in total. The number of nitrogens with one attached hydrogen (secondary N) is 2. The molecular weight excluding hydrogens is 394 g/mol. The molecule has 1 amide bonds. The van der Waals surface area contributed by atoms with Crippen LogP contribution in [-0.2, 0) is 27.7 Å². The highest BCUT2D eigenvalue weighted by molar-refractivity contribution is 7.89. The van der Waals surface area contributed by atoms with Gasteiger partial charge < -0.3 is 5.32 Å². The van der Waals surface area contributed by atoms with Gasteiger partial charge >= 0.3 is 0 Å². The second kappa shape index (κ2) is 8.71. The van der Waals surface area contributed by atoms with Gasteiger partial charge in [0, 0.05) is 30.3 Å². The van der Waals surface area contributed by atoms with Crippen LogP contribution in [0.1, 0.15) is 36.0 Å². The van der Waals surface area contributed by atoms with Crippen LogP contribution in [0.15, 0.2) is 41.3 Å². The molecule has 0 saturated carbocycles. The van der Waals surface area contributed by atoms with E-state index in [9.17, 15) is 23.3 Å². The number of carbonyl (C=O) groups excluding carboxylic acids is 1. The number of fused-ring (bicyclic) bond motifs is 1. The number of anilines is 1. The third kappa shape index (κ3) is 5.18. The van der Waals surface area contributed by atoms with E-state index in [1.807, 2.05) is 6.07 Å². The Morgan fingerprint density at radius 2 is 1.83 bits per heavy atom. The maximum Gasteiger partial charge on any atom is 0.274 e. The molecule has 8 nitrogen and oxygen atoms in total. The summed E-state index contributed by atoms with van der Waals surface area (Å²) in [7, 11) is -3.71. The number of hydrogen-bond donors (Lipinski definition) is 2. The van der Waals surface area contributed by atoms with Gasteiger partial charge in [0.05, 0.1) is 9.82 Å². The van der Waals surface area contributed by atoms with Crippen molar-refractivity contribution in [3.8, 4) is 0 Å². The van der Waals surface area contributed by atoms with Crippen LogP contribution in [0.2, 0.25) is 0 Å². The van der Waals surface area contributed by atoms with Crippen molar-refractivity contribution in [3.63, 3.8) is 0 Å². The molecule has 3 rings (SSSR count). The summed E-state index contributed by atoms with van der Waals surface area (Å²) >= 11 is 0. The van der Waals surface area contributed by atoms with E-state index >= 15 is 0 Å². The Hall–Kier alpha value is -2.78. The molecule has 0 aromatic heterocycles. The summed E-state index contributed by atoms with van der Waals surface area (Å²) in [5, 5.41) is 13.5. The number of amides is 1. The maximum absolute atomic E-state index is 12.5. The number of sulfonamides is 1. The minimum atomic E-state index is -3.71. The Labute approximate surface area is 169 Å². The molecule has 154 valence electrons. The molecule has 0 radical (unpaired) electrons. The van der Waals surface area contributed by atoms with Crippen LogP contribution in [0.3, 0.4) is 0 Å². The van der Waals surface area contributed by atoms with E-state index in [2.05, 4.69) is 10.0 Å². The number of benzene rings is 2. The number of aryl methyl sites for hydroxylation is 3. The highest BCUT2D eigenvalue weighted by Crippen LogP contribution is 2.24. The summed E-state index contributed by atoms with van der Waals surface area (Å²) in [4.78, 5) is 22.7. The largest absolute Gasteiger partial charge is 0.326 e. The number of rotatable bonds is 7. The van der Waals surface area contributed by atoms with Crippen molar-refractivity contribution >= 4 is 27.3 Å². The van der Waals surface area contributed by atoms with Crippen LogP contribution in [0.25, 0.3) is 0 Å². The number of carbonyl (C=O) groups is 1. The van der Waals surface area contributed by atoms with Gasteiger partial charge in [-0.1, -0.05) is 12.1 Å². The monoisotopic (exact) mass is 417 g/mol. The molecule has 0 saturated heterocycles. The molecule has 0 atom stereocenters. The number of nitro groups is 1. The van der Waals surface area contributed by atoms with Crippen molar-refractivity contribution in [1.82, 2.24) is 4.72 Å². The fraction of sp³-hybridized carbons (Fsp3) is 0.350. The fourth-order valence-corrected chi connectivity index (χ4v) is 4.45. The van der Waals surface area contributed by atoms with Crippen LogP contribution >= 0.6 is 0 Å². The molecular formula is C20H23N3O5S. The molecule has 0 aliphatic heterocycles. The quantitative estimate of drug-likeness (QED) is 0.530.